The van der Waals surface area contributed by atoms with Gasteiger partial charge in [0, 0.05) is 18.5 Å². The molecular formula is C13H22N2O3. The van der Waals surface area contributed by atoms with Crippen molar-refractivity contribution in [2.45, 2.75) is 62.9 Å². The Morgan fingerprint density at radius 3 is 2.39 bits per heavy atom. The number of aliphatic carboxylic acids is 1. The van der Waals surface area contributed by atoms with Crippen molar-refractivity contribution < 1.29 is 14.7 Å². The number of hydrogen-bond acceptors (Lipinski definition) is 3. The third-order valence-electron chi connectivity index (χ3n) is 4.51. The molecule has 0 bridgehead atoms. The maximum atomic E-state index is 12.3. The van der Waals surface area contributed by atoms with E-state index in [9.17, 15) is 14.7 Å². The summed E-state index contributed by atoms with van der Waals surface area (Å²) in [7, 11) is 0. The van der Waals surface area contributed by atoms with E-state index >= 15 is 0 Å². The molecule has 5 nitrogen and oxygen atoms in total. The largest absolute Gasteiger partial charge is 0.480 e. The lowest BCUT2D eigenvalue weighted by Crippen LogP contribution is -2.53. The fraction of sp³-hybridized carbons (Fsp3) is 0.846. The lowest BCUT2D eigenvalue weighted by molar-refractivity contribution is -0.155. The molecule has 1 aliphatic heterocycles. The number of carboxylic acids is 1. The summed E-state index contributed by atoms with van der Waals surface area (Å²) in [5, 5.41) is 9.29. The van der Waals surface area contributed by atoms with Gasteiger partial charge in [-0.15, -0.1) is 0 Å². The van der Waals surface area contributed by atoms with Gasteiger partial charge in [-0.25, -0.2) is 4.79 Å². The molecule has 1 saturated carbocycles. The van der Waals surface area contributed by atoms with Crippen LogP contribution in [0.2, 0.25) is 0 Å². The van der Waals surface area contributed by atoms with Gasteiger partial charge in [-0.2, -0.15) is 0 Å². The van der Waals surface area contributed by atoms with Gasteiger partial charge in [-0.1, -0.05) is 12.8 Å². The van der Waals surface area contributed by atoms with Crippen LogP contribution >= 0.6 is 0 Å². The Hall–Kier alpha value is -1.10. The molecule has 0 aromatic heterocycles. The highest BCUT2D eigenvalue weighted by atomic mass is 16.4. The Balaban J connectivity index is 2.07. The zero-order chi connectivity index (χ0) is 13.4. The summed E-state index contributed by atoms with van der Waals surface area (Å²) in [6.45, 7) is 2.18. The number of nitrogens with two attached hydrogens (primary N) is 1. The molecule has 0 aromatic carbocycles. The summed E-state index contributed by atoms with van der Waals surface area (Å²) in [6.07, 6.45) is 5.46. The third kappa shape index (κ3) is 2.23. The molecule has 1 saturated heterocycles. The van der Waals surface area contributed by atoms with Crippen molar-refractivity contribution in [1.29, 1.82) is 0 Å². The van der Waals surface area contributed by atoms with Gasteiger partial charge >= 0.3 is 5.97 Å². The quantitative estimate of drug-likeness (QED) is 0.790. The van der Waals surface area contributed by atoms with Crippen LogP contribution in [0, 0.1) is 0 Å². The van der Waals surface area contributed by atoms with Crippen LogP contribution in [0.5, 0.6) is 0 Å². The van der Waals surface area contributed by atoms with E-state index in [0.717, 1.165) is 32.1 Å². The minimum absolute atomic E-state index is 0.0956. The monoisotopic (exact) mass is 254 g/mol. The number of carbonyl (C=O) groups is 2. The third-order valence-corrected chi connectivity index (χ3v) is 4.51. The zero-order valence-electron chi connectivity index (χ0n) is 10.9. The molecule has 0 radical (unpaired) electrons. The second-order valence-corrected chi connectivity index (χ2v) is 5.97. The van der Waals surface area contributed by atoms with Crippen molar-refractivity contribution in [2.75, 3.05) is 6.54 Å². The number of carbonyl (C=O) groups excluding carboxylic acids is 1. The van der Waals surface area contributed by atoms with E-state index in [1.807, 2.05) is 0 Å². The lowest BCUT2D eigenvalue weighted by Gasteiger charge is -2.34. The van der Waals surface area contributed by atoms with Crippen LogP contribution in [-0.4, -0.2) is 39.5 Å². The van der Waals surface area contributed by atoms with Crippen LogP contribution in [0.15, 0.2) is 0 Å². The zero-order valence-corrected chi connectivity index (χ0v) is 10.9. The Morgan fingerprint density at radius 2 is 1.83 bits per heavy atom. The van der Waals surface area contributed by atoms with E-state index in [1.165, 1.54) is 4.90 Å². The van der Waals surface area contributed by atoms with Crippen molar-refractivity contribution >= 4 is 11.9 Å². The Kier molecular flexibility index (Phi) is 3.36. The smallest absolute Gasteiger partial charge is 0.329 e. The molecule has 0 spiro atoms. The first-order valence-electron chi connectivity index (χ1n) is 6.70. The molecule has 2 aliphatic rings. The van der Waals surface area contributed by atoms with Crippen LogP contribution in [0.3, 0.4) is 0 Å². The van der Waals surface area contributed by atoms with Crippen LogP contribution in [0.1, 0.15) is 51.9 Å². The molecule has 5 heteroatoms. The Bertz CT molecular complexity index is 363. The standard InChI is InChI=1S/C13H22N2O3/c1-12(11(17)18)5-4-8-15(12)10(16)9-13(14)6-2-3-7-13/h2-9,14H2,1H3,(H,17,18). The van der Waals surface area contributed by atoms with Gasteiger partial charge in [0.1, 0.15) is 5.54 Å². The highest BCUT2D eigenvalue weighted by molar-refractivity contribution is 5.87. The van der Waals surface area contributed by atoms with E-state index < -0.39 is 17.0 Å². The van der Waals surface area contributed by atoms with Crippen molar-refractivity contribution in [3.8, 4) is 0 Å². The molecule has 1 atom stereocenters. The maximum Gasteiger partial charge on any atom is 0.329 e. The summed E-state index contributed by atoms with van der Waals surface area (Å²) >= 11 is 0. The number of likely N-dealkylation sites (tertiary alicyclic amines) is 1. The number of hydrogen-bond donors (Lipinski definition) is 2. The van der Waals surface area contributed by atoms with E-state index in [1.54, 1.807) is 6.92 Å². The minimum atomic E-state index is -1.04. The van der Waals surface area contributed by atoms with Gasteiger partial charge in [-0.05, 0) is 32.6 Å². The van der Waals surface area contributed by atoms with E-state index in [2.05, 4.69) is 0 Å². The highest BCUT2D eigenvalue weighted by Crippen LogP contribution is 2.34. The Labute approximate surface area is 107 Å². The van der Waals surface area contributed by atoms with Crippen LogP contribution in [-0.2, 0) is 9.59 Å². The fourth-order valence-electron chi connectivity index (χ4n) is 3.24. The van der Waals surface area contributed by atoms with Crippen molar-refractivity contribution in [2.24, 2.45) is 5.73 Å². The lowest BCUT2D eigenvalue weighted by atomic mass is 9.92. The first-order chi connectivity index (χ1) is 8.37. The summed E-state index contributed by atoms with van der Waals surface area (Å²) in [6, 6.07) is 0. The maximum absolute atomic E-state index is 12.3. The second kappa shape index (κ2) is 4.53. The predicted octanol–water partition coefficient (Wildman–Crippen LogP) is 1.11. The SMILES string of the molecule is CC1(C(=O)O)CCCN1C(=O)CC1(N)CCCC1. The van der Waals surface area contributed by atoms with Crippen molar-refractivity contribution in [3.63, 3.8) is 0 Å². The van der Waals surface area contributed by atoms with Gasteiger partial charge in [-0.3, -0.25) is 4.79 Å². The molecule has 1 amide bonds. The van der Waals surface area contributed by atoms with E-state index in [0.29, 0.717) is 13.0 Å². The van der Waals surface area contributed by atoms with Gasteiger partial charge in [0.25, 0.3) is 0 Å². The molecular weight excluding hydrogens is 232 g/mol. The van der Waals surface area contributed by atoms with Gasteiger partial charge in [0.05, 0.1) is 0 Å². The molecule has 1 heterocycles. The molecule has 1 unspecified atom stereocenters. The molecule has 1 aliphatic carbocycles. The normalized spacial score (nSPS) is 30.7. The minimum Gasteiger partial charge on any atom is -0.480 e. The number of amides is 1. The predicted molar refractivity (Wildman–Crippen MR) is 67.0 cm³/mol. The van der Waals surface area contributed by atoms with Crippen LogP contribution < -0.4 is 5.73 Å². The Morgan fingerprint density at radius 1 is 1.22 bits per heavy atom. The summed E-state index contributed by atoms with van der Waals surface area (Å²) in [5.74, 6) is -1.01. The van der Waals surface area contributed by atoms with Gasteiger partial charge in [0.2, 0.25) is 5.91 Å². The summed E-state index contributed by atoms with van der Waals surface area (Å²) in [5.41, 5.74) is 4.76. The van der Waals surface area contributed by atoms with Crippen LogP contribution in [0.25, 0.3) is 0 Å². The average Bonchev–Trinajstić information content (AvgIpc) is 2.86. The topological polar surface area (TPSA) is 83.6 Å². The molecule has 18 heavy (non-hydrogen) atoms. The van der Waals surface area contributed by atoms with E-state index in [4.69, 9.17) is 5.73 Å². The van der Waals surface area contributed by atoms with Crippen LogP contribution in [0.4, 0.5) is 0 Å². The number of carboxylic acid groups (broad SMARTS) is 1. The summed E-state index contributed by atoms with van der Waals surface area (Å²) in [4.78, 5) is 25.2. The summed E-state index contributed by atoms with van der Waals surface area (Å²) < 4.78 is 0. The molecule has 0 aromatic rings. The van der Waals surface area contributed by atoms with E-state index in [-0.39, 0.29) is 12.3 Å². The second-order valence-electron chi connectivity index (χ2n) is 5.97. The number of nitrogens with zero attached hydrogens (tertiary/aromatic N) is 1. The molecule has 2 rings (SSSR count). The molecule has 2 fully saturated rings. The number of rotatable bonds is 3. The highest BCUT2D eigenvalue weighted by Gasteiger charge is 2.47. The molecule has 3 N–H and O–H groups in total. The first kappa shape index (κ1) is 13.3. The first-order valence-corrected chi connectivity index (χ1v) is 6.70. The average molecular weight is 254 g/mol. The molecule has 102 valence electrons. The van der Waals surface area contributed by atoms with Crippen molar-refractivity contribution in [3.05, 3.63) is 0 Å². The van der Waals surface area contributed by atoms with Crippen molar-refractivity contribution in [1.82, 2.24) is 4.90 Å². The van der Waals surface area contributed by atoms with Gasteiger partial charge < -0.3 is 15.7 Å². The fourth-order valence-corrected chi connectivity index (χ4v) is 3.24. The van der Waals surface area contributed by atoms with Gasteiger partial charge in [0.15, 0.2) is 0 Å².